The molecule has 4 nitrogen and oxygen atoms in total. The monoisotopic (exact) mass is 526 g/mol. The first-order valence-electron chi connectivity index (χ1n) is 12.1. The van der Waals surface area contributed by atoms with Crippen LogP contribution in [-0.2, 0) is 8.85 Å². The fraction of sp³-hybridized carbons (Fsp3) is 0.929. The first-order valence-corrected chi connectivity index (χ1v) is 17.9. The predicted octanol–water partition coefficient (Wildman–Crippen LogP) is 9.44. The van der Waals surface area contributed by atoms with Crippen LogP contribution in [0.25, 0.3) is 0 Å². The van der Waals surface area contributed by atoms with Crippen molar-refractivity contribution in [2.75, 3.05) is 19.8 Å². The van der Waals surface area contributed by atoms with Crippen LogP contribution in [-0.4, -0.2) is 52.8 Å². The minimum atomic E-state index is -1.63. The molecule has 214 valence electrons. The molecule has 0 aromatic carbocycles. The standard InChI is InChI=1S/C11H26O3Si.C11H24OSi.C3H8.3CH4/c1-11(2,3)15(4,5)14-8-6-7-10(13)9-12;1-7-8-9-10-12-13(5,6)11(2,3)4;1-3-2;;;/h10,12-13H,6-9H2,1-5H3;7H,1,8-10H2,2-6H3;3H2,1-2H3;3*1H4/t10-;;;;;/m1...../s1. The van der Waals surface area contributed by atoms with Crippen molar-refractivity contribution in [1.29, 1.82) is 0 Å². The Labute approximate surface area is 220 Å². The molecule has 0 spiro atoms. The molecule has 0 aliphatic carbocycles. The van der Waals surface area contributed by atoms with E-state index in [2.05, 4.69) is 88.2 Å². The number of rotatable bonds is 11. The van der Waals surface area contributed by atoms with Crippen LogP contribution in [0.15, 0.2) is 12.7 Å². The zero-order chi connectivity index (χ0) is 25.4. The van der Waals surface area contributed by atoms with Gasteiger partial charge in [-0.3, -0.25) is 0 Å². The van der Waals surface area contributed by atoms with Crippen LogP contribution in [0.2, 0.25) is 36.3 Å². The maximum atomic E-state index is 9.15. The van der Waals surface area contributed by atoms with Gasteiger partial charge in [0.25, 0.3) is 0 Å². The molecular weight excluding hydrogens is 456 g/mol. The molecule has 0 saturated carbocycles. The van der Waals surface area contributed by atoms with Crippen LogP contribution < -0.4 is 0 Å². The molecule has 0 aliphatic rings. The van der Waals surface area contributed by atoms with Crippen molar-refractivity contribution in [2.45, 2.75) is 152 Å². The van der Waals surface area contributed by atoms with Gasteiger partial charge < -0.3 is 19.1 Å². The molecule has 0 bridgehead atoms. The quantitative estimate of drug-likeness (QED) is 0.160. The lowest BCUT2D eigenvalue weighted by Gasteiger charge is -2.36. The normalized spacial score (nSPS) is 12.3. The average molecular weight is 527 g/mol. The summed E-state index contributed by atoms with van der Waals surface area (Å²) >= 11 is 0. The van der Waals surface area contributed by atoms with E-state index in [1.54, 1.807) is 0 Å². The third-order valence-electron chi connectivity index (χ3n) is 5.98. The minimum Gasteiger partial charge on any atom is -0.417 e. The van der Waals surface area contributed by atoms with E-state index >= 15 is 0 Å². The van der Waals surface area contributed by atoms with Crippen molar-refractivity contribution in [3.63, 3.8) is 0 Å². The summed E-state index contributed by atoms with van der Waals surface area (Å²) in [5, 5.41) is 18.4. The Morgan fingerprint density at radius 3 is 1.38 bits per heavy atom. The zero-order valence-electron chi connectivity index (χ0n) is 23.2. The summed E-state index contributed by atoms with van der Waals surface area (Å²) in [5.41, 5.74) is 0. The van der Waals surface area contributed by atoms with Crippen LogP contribution in [0.1, 0.15) is 110 Å². The Kier molecular flexibility index (Phi) is 32.5. The number of hydrogen-bond acceptors (Lipinski definition) is 4. The SMILES string of the molecule is C.C.C.C=CCCCO[Si](C)(C)C(C)(C)C.CC(C)(C)[Si](C)(C)OCCC[C@@H](O)CO.CCC. The Hall–Kier alpha value is 0.0138. The van der Waals surface area contributed by atoms with Crippen LogP contribution in [0.4, 0.5) is 0 Å². The van der Waals surface area contributed by atoms with Gasteiger partial charge in [-0.05, 0) is 61.9 Å². The second kappa shape index (κ2) is 23.4. The third-order valence-corrected chi connectivity index (χ3v) is 15.1. The molecule has 0 aromatic heterocycles. The lowest BCUT2D eigenvalue weighted by atomic mass is 10.2. The summed E-state index contributed by atoms with van der Waals surface area (Å²) in [6, 6.07) is 0. The molecule has 1 atom stereocenters. The van der Waals surface area contributed by atoms with Gasteiger partial charge in [0.15, 0.2) is 16.6 Å². The molecule has 0 saturated heterocycles. The molecule has 6 heteroatoms. The highest BCUT2D eigenvalue weighted by Crippen LogP contribution is 2.37. The molecule has 0 rings (SSSR count). The van der Waals surface area contributed by atoms with Crippen molar-refractivity contribution in [3.8, 4) is 0 Å². The number of aliphatic hydroxyl groups excluding tert-OH is 2. The Morgan fingerprint density at radius 1 is 0.794 bits per heavy atom. The van der Waals surface area contributed by atoms with Crippen LogP contribution in [0.3, 0.4) is 0 Å². The van der Waals surface area contributed by atoms with Gasteiger partial charge in [0.05, 0.1) is 12.7 Å². The topological polar surface area (TPSA) is 58.9 Å². The maximum absolute atomic E-state index is 9.15. The van der Waals surface area contributed by atoms with Gasteiger partial charge in [-0.15, -0.1) is 6.58 Å². The van der Waals surface area contributed by atoms with E-state index in [0.29, 0.717) is 18.1 Å². The van der Waals surface area contributed by atoms with Gasteiger partial charge in [-0.25, -0.2) is 0 Å². The van der Waals surface area contributed by atoms with Crippen LogP contribution in [0.5, 0.6) is 0 Å². The summed E-state index contributed by atoms with van der Waals surface area (Å²) in [6.07, 6.45) is 6.21. The van der Waals surface area contributed by atoms with Gasteiger partial charge in [0.2, 0.25) is 0 Å². The van der Waals surface area contributed by atoms with E-state index in [-0.39, 0.29) is 33.9 Å². The van der Waals surface area contributed by atoms with E-state index in [1.807, 2.05) is 6.08 Å². The molecule has 0 aromatic rings. The van der Waals surface area contributed by atoms with Crippen molar-refractivity contribution >= 4 is 16.6 Å². The first-order chi connectivity index (χ1) is 13.9. The Balaban J connectivity index is -0.0000000961. The van der Waals surface area contributed by atoms with E-state index in [0.717, 1.165) is 25.9 Å². The molecular formula is C28H70O4Si2. The second-order valence-electron chi connectivity index (χ2n) is 11.3. The van der Waals surface area contributed by atoms with E-state index in [4.69, 9.17) is 19.1 Å². The molecule has 0 heterocycles. The Morgan fingerprint density at radius 2 is 1.12 bits per heavy atom. The highest BCUT2D eigenvalue weighted by Gasteiger charge is 2.37. The number of hydrogen-bond donors (Lipinski definition) is 2. The van der Waals surface area contributed by atoms with Crippen LogP contribution >= 0.6 is 0 Å². The summed E-state index contributed by atoms with van der Waals surface area (Å²) in [6.45, 7) is 31.8. The molecule has 0 aliphatic heterocycles. The minimum absolute atomic E-state index is 0. The maximum Gasteiger partial charge on any atom is 0.191 e. The Bertz CT molecular complexity index is 425. The summed E-state index contributed by atoms with van der Waals surface area (Å²) in [7, 11) is -3.12. The summed E-state index contributed by atoms with van der Waals surface area (Å²) in [5.74, 6) is 0. The fourth-order valence-electron chi connectivity index (χ4n) is 1.73. The zero-order valence-corrected chi connectivity index (χ0v) is 25.2. The van der Waals surface area contributed by atoms with E-state index < -0.39 is 22.7 Å². The summed E-state index contributed by atoms with van der Waals surface area (Å²) < 4.78 is 11.9. The van der Waals surface area contributed by atoms with E-state index in [9.17, 15) is 0 Å². The smallest absolute Gasteiger partial charge is 0.191 e. The van der Waals surface area contributed by atoms with Crippen LogP contribution in [0, 0.1) is 0 Å². The number of allylic oxidation sites excluding steroid dienone is 1. The second-order valence-corrected chi connectivity index (χ2v) is 21.0. The average Bonchev–Trinajstić information content (AvgIpc) is 2.61. The molecule has 0 amide bonds. The summed E-state index contributed by atoms with van der Waals surface area (Å²) in [4.78, 5) is 0. The van der Waals surface area contributed by atoms with Crippen molar-refractivity contribution in [2.24, 2.45) is 0 Å². The van der Waals surface area contributed by atoms with Crippen molar-refractivity contribution < 1.29 is 19.1 Å². The number of unbranched alkanes of at least 4 members (excludes halogenated alkanes) is 1. The highest BCUT2D eigenvalue weighted by atomic mass is 28.4. The molecule has 0 unspecified atom stereocenters. The van der Waals surface area contributed by atoms with Crippen molar-refractivity contribution in [3.05, 3.63) is 12.7 Å². The van der Waals surface area contributed by atoms with E-state index in [1.165, 1.54) is 6.42 Å². The largest absolute Gasteiger partial charge is 0.417 e. The lowest BCUT2D eigenvalue weighted by molar-refractivity contribution is 0.0821. The van der Waals surface area contributed by atoms with Gasteiger partial charge in [-0.1, -0.05) is 90.2 Å². The molecule has 2 N–H and O–H groups in total. The lowest BCUT2D eigenvalue weighted by Crippen LogP contribution is -2.41. The van der Waals surface area contributed by atoms with Gasteiger partial charge in [0, 0.05) is 13.2 Å². The predicted molar refractivity (Wildman–Crippen MR) is 164 cm³/mol. The molecule has 0 fully saturated rings. The van der Waals surface area contributed by atoms with Gasteiger partial charge in [-0.2, -0.15) is 0 Å². The van der Waals surface area contributed by atoms with Gasteiger partial charge >= 0.3 is 0 Å². The third kappa shape index (κ3) is 25.1. The highest BCUT2D eigenvalue weighted by molar-refractivity contribution is 6.74. The van der Waals surface area contributed by atoms with Gasteiger partial charge in [0.1, 0.15) is 0 Å². The molecule has 34 heavy (non-hydrogen) atoms. The molecule has 0 radical (unpaired) electrons. The van der Waals surface area contributed by atoms with Crippen molar-refractivity contribution in [1.82, 2.24) is 0 Å². The number of aliphatic hydroxyl groups is 2. The fourth-order valence-corrected chi connectivity index (χ4v) is 3.90. The first kappa shape index (κ1) is 47.2.